The van der Waals surface area contributed by atoms with Crippen LogP contribution in [-0.4, -0.2) is 47.2 Å². The van der Waals surface area contributed by atoms with E-state index >= 15 is 0 Å². The summed E-state index contributed by atoms with van der Waals surface area (Å²) in [6, 6.07) is 12.0. The standard InChI is InChI=1S/C25H31FN2O3/c1-2-24(30)28-13-3-4-18-16-19(5-10-22(18)28)23(29)17-27-14-11-25(31,12-15-27)20-6-8-21(26)9-7-20/h5-10,16,23,29,31H,2-4,11-15,17H2,1H3. The zero-order valence-electron chi connectivity index (χ0n) is 18.1. The summed E-state index contributed by atoms with van der Waals surface area (Å²) in [6.07, 6.45) is 2.81. The predicted octanol–water partition coefficient (Wildman–Crippen LogP) is 3.53. The van der Waals surface area contributed by atoms with E-state index in [0.717, 1.165) is 41.8 Å². The number of nitrogens with zero attached hydrogens (tertiary/aromatic N) is 2. The van der Waals surface area contributed by atoms with Crippen molar-refractivity contribution >= 4 is 11.6 Å². The molecule has 0 aliphatic carbocycles. The number of fused-ring (bicyclic) bond motifs is 1. The van der Waals surface area contributed by atoms with Crippen LogP contribution >= 0.6 is 0 Å². The summed E-state index contributed by atoms with van der Waals surface area (Å²) in [6.45, 7) is 4.45. The third-order valence-electron chi connectivity index (χ3n) is 6.71. The molecular weight excluding hydrogens is 395 g/mol. The molecule has 2 heterocycles. The Morgan fingerprint density at radius 3 is 2.52 bits per heavy atom. The Kier molecular flexibility index (Phi) is 6.42. The molecule has 2 aromatic carbocycles. The predicted molar refractivity (Wildman–Crippen MR) is 118 cm³/mol. The lowest BCUT2D eigenvalue weighted by atomic mass is 9.84. The van der Waals surface area contributed by atoms with E-state index < -0.39 is 11.7 Å². The van der Waals surface area contributed by atoms with Gasteiger partial charge in [0.2, 0.25) is 5.91 Å². The smallest absolute Gasteiger partial charge is 0.226 e. The molecule has 5 nitrogen and oxygen atoms in total. The fourth-order valence-electron chi connectivity index (χ4n) is 4.78. The number of aryl methyl sites for hydroxylation is 1. The van der Waals surface area contributed by atoms with Crippen LogP contribution in [-0.2, 0) is 16.8 Å². The van der Waals surface area contributed by atoms with E-state index in [4.69, 9.17) is 0 Å². The fourth-order valence-corrected chi connectivity index (χ4v) is 4.78. The Bertz CT molecular complexity index is 923. The van der Waals surface area contributed by atoms with Gasteiger partial charge in [-0.05, 0) is 60.6 Å². The van der Waals surface area contributed by atoms with Crippen molar-refractivity contribution in [1.29, 1.82) is 0 Å². The maximum atomic E-state index is 13.2. The van der Waals surface area contributed by atoms with Crippen molar-refractivity contribution in [3.05, 3.63) is 65.0 Å². The van der Waals surface area contributed by atoms with Crippen molar-refractivity contribution in [3.63, 3.8) is 0 Å². The molecule has 2 aromatic rings. The van der Waals surface area contributed by atoms with Crippen LogP contribution in [0.3, 0.4) is 0 Å². The number of aliphatic hydroxyl groups excluding tert-OH is 1. The lowest BCUT2D eigenvalue weighted by Crippen LogP contribution is -2.44. The molecule has 2 aliphatic rings. The molecule has 1 atom stereocenters. The number of aliphatic hydroxyl groups is 2. The minimum Gasteiger partial charge on any atom is -0.387 e. The molecule has 2 N–H and O–H groups in total. The molecule has 0 saturated carbocycles. The van der Waals surface area contributed by atoms with Gasteiger partial charge in [0, 0.05) is 38.3 Å². The molecule has 1 saturated heterocycles. The van der Waals surface area contributed by atoms with E-state index in [2.05, 4.69) is 4.90 Å². The van der Waals surface area contributed by atoms with Crippen LogP contribution in [0.5, 0.6) is 0 Å². The van der Waals surface area contributed by atoms with Gasteiger partial charge in [0.25, 0.3) is 0 Å². The zero-order valence-corrected chi connectivity index (χ0v) is 18.1. The van der Waals surface area contributed by atoms with Crippen molar-refractivity contribution in [3.8, 4) is 0 Å². The molecule has 2 aliphatic heterocycles. The van der Waals surface area contributed by atoms with Crippen molar-refractivity contribution in [1.82, 2.24) is 4.90 Å². The van der Waals surface area contributed by atoms with E-state index in [1.165, 1.54) is 12.1 Å². The summed E-state index contributed by atoms with van der Waals surface area (Å²) >= 11 is 0. The zero-order chi connectivity index (χ0) is 22.0. The van der Waals surface area contributed by atoms with Crippen molar-refractivity contribution in [2.45, 2.75) is 50.7 Å². The van der Waals surface area contributed by atoms with E-state index in [1.54, 1.807) is 12.1 Å². The van der Waals surface area contributed by atoms with Gasteiger partial charge in [0.05, 0.1) is 11.7 Å². The SMILES string of the molecule is CCC(=O)N1CCCc2cc(C(O)CN3CCC(O)(c4ccc(F)cc4)CC3)ccc21. The van der Waals surface area contributed by atoms with Crippen LogP contribution in [0.15, 0.2) is 42.5 Å². The highest BCUT2D eigenvalue weighted by Crippen LogP contribution is 2.34. The number of hydrogen-bond acceptors (Lipinski definition) is 4. The van der Waals surface area contributed by atoms with Gasteiger partial charge < -0.3 is 20.0 Å². The molecule has 31 heavy (non-hydrogen) atoms. The first-order chi connectivity index (χ1) is 14.9. The summed E-state index contributed by atoms with van der Waals surface area (Å²) in [4.78, 5) is 16.2. The normalized spacial score (nSPS) is 19.7. The van der Waals surface area contributed by atoms with E-state index in [-0.39, 0.29) is 11.7 Å². The number of carbonyl (C=O) groups excluding carboxylic acids is 1. The van der Waals surface area contributed by atoms with Crippen molar-refractivity contribution in [2.24, 2.45) is 0 Å². The van der Waals surface area contributed by atoms with Crippen molar-refractivity contribution in [2.75, 3.05) is 31.1 Å². The molecule has 0 spiro atoms. The number of rotatable bonds is 5. The molecule has 1 amide bonds. The quantitative estimate of drug-likeness (QED) is 0.768. The molecule has 1 fully saturated rings. The van der Waals surface area contributed by atoms with Crippen LogP contribution in [0, 0.1) is 5.82 Å². The molecule has 1 unspecified atom stereocenters. The summed E-state index contributed by atoms with van der Waals surface area (Å²) in [7, 11) is 0. The summed E-state index contributed by atoms with van der Waals surface area (Å²) in [5.74, 6) is -0.170. The largest absolute Gasteiger partial charge is 0.387 e. The molecule has 6 heteroatoms. The lowest BCUT2D eigenvalue weighted by Gasteiger charge is -2.39. The maximum absolute atomic E-state index is 13.2. The van der Waals surface area contributed by atoms with Crippen molar-refractivity contribution < 1.29 is 19.4 Å². The number of β-amino-alcohol motifs (C(OH)–C–C–N with tert-alkyl or cyclic N) is 1. The second kappa shape index (κ2) is 9.07. The monoisotopic (exact) mass is 426 g/mol. The molecular formula is C25H31FN2O3. The van der Waals surface area contributed by atoms with Gasteiger partial charge in [-0.25, -0.2) is 4.39 Å². The molecule has 0 bridgehead atoms. The first kappa shape index (κ1) is 21.9. The number of anilines is 1. The highest BCUT2D eigenvalue weighted by molar-refractivity contribution is 5.94. The Balaban J connectivity index is 1.39. The van der Waals surface area contributed by atoms with Crippen LogP contribution in [0.4, 0.5) is 10.1 Å². The Morgan fingerprint density at radius 2 is 1.84 bits per heavy atom. The van der Waals surface area contributed by atoms with Gasteiger partial charge in [0.1, 0.15) is 5.82 Å². The maximum Gasteiger partial charge on any atom is 0.226 e. The Labute approximate surface area is 183 Å². The number of piperidine rings is 1. The van der Waals surface area contributed by atoms with E-state index in [0.29, 0.717) is 38.9 Å². The third-order valence-corrected chi connectivity index (χ3v) is 6.71. The summed E-state index contributed by atoms with van der Waals surface area (Å²) in [5, 5.41) is 21.8. The molecule has 0 aromatic heterocycles. The number of amides is 1. The second-order valence-electron chi connectivity index (χ2n) is 8.75. The lowest BCUT2D eigenvalue weighted by molar-refractivity contribution is -0.118. The summed E-state index contributed by atoms with van der Waals surface area (Å²) in [5.41, 5.74) is 2.75. The number of carbonyl (C=O) groups is 1. The molecule has 0 radical (unpaired) electrons. The van der Waals surface area contributed by atoms with Crippen LogP contribution in [0.2, 0.25) is 0 Å². The van der Waals surface area contributed by atoms with Gasteiger partial charge in [-0.2, -0.15) is 0 Å². The fraction of sp³-hybridized carbons (Fsp3) is 0.480. The highest BCUT2D eigenvalue weighted by atomic mass is 19.1. The average Bonchev–Trinajstić information content (AvgIpc) is 2.79. The Morgan fingerprint density at radius 1 is 1.13 bits per heavy atom. The number of hydrogen-bond donors (Lipinski definition) is 2. The Hall–Kier alpha value is -2.28. The summed E-state index contributed by atoms with van der Waals surface area (Å²) < 4.78 is 13.2. The highest BCUT2D eigenvalue weighted by Gasteiger charge is 2.34. The molecule has 166 valence electrons. The van der Waals surface area contributed by atoms with Crippen LogP contribution in [0.1, 0.15) is 55.4 Å². The van der Waals surface area contributed by atoms with E-state index in [9.17, 15) is 19.4 Å². The van der Waals surface area contributed by atoms with E-state index in [1.807, 2.05) is 30.0 Å². The third kappa shape index (κ3) is 4.66. The topological polar surface area (TPSA) is 64.0 Å². The van der Waals surface area contributed by atoms with Crippen LogP contribution in [0.25, 0.3) is 0 Å². The minimum absolute atomic E-state index is 0.135. The second-order valence-corrected chi connectivity index (χ2v) is 8.75. The molecule has 4 rings (SSSR count). The van der Waals surface area contributed by atoms with Gasteiger partial charge in [-0.3, -0.25) is 4.79 Å². The van der Waals surface area contributed by atoms with Gasteiger partial charge in [-0.1, -0.05) is 31.2 Å². The average molecular weight is 427 g/mol. The number of benzene rings is 2. The number of halogens is 1. The van der Waals surface area contributed by atoms with Gasteiger partial charge in [0.15, 0.2) is 0 Å². The first-order valence-corrected chi connectivity index (χ1v) is 11.2. The first-order valence-electron chi connectivity index (χ1n) is 11.2. The van der Waals surface area contributed by atoms with Gasteiger partial charge >= 0.3 is 0 Å². The van der Waals surface area contributed by atoms with Crippen LogP contribution < -0.4 is 4.90 Å². The minimum atomic E-state index is -0.948. The van der Waals surface area contributed by atoms with Gasteiger partial charge in [-0.15, -0.1) is 0 Å². The number of likely N-dealkylation sites (tertiary alicyclic amines) is 1.